The third-order valence-corrected chi connectivity index (χ3v) is 8.41. The van der Waals surface area contributed by atoms with Crippen LogP contribution < -0.4 is 9.62 Å². The van der Waals surface area contributed by atoms with E-state index in [0.29, 0.717) is 6.54 Å². The van der Waals surface area contributed by atoms with Crippen LogP contribution in [0.25, 0.3) is 10.2 Å². The second kappa shape index (κ2) is 8.10. The minimum atomic E-state index is -3.45. The topological polar surface area (TPSA) is 79.4 Å². The van der Waals surface area contributed by atoms with Crippen molar-refractivity contribution in [1.29, 1.82) is 0 Å². The maximum absolute atomic E-state index is 12.6. The number of carbonyl (C=O) groups excluding carboxylic acids is 1. The van der Waals surface area contributed by atoms with Gasteiger partial charge in [-0.25, -0.2) is 13.4 Å². The molecule has 1 amide bonds. The summed E-state index contributed by atoms with van der Waals surface area (Å²) in [6.45, 7) is 0.559. The van der Waals surface area contributed by atoms with Crippen LogP contribution in [0.3, 0.4) is 0 Å². The molecule has 6 nitrogen and oxygen atoms in total. The maximum Gasteiger partial charge on any atom is 0.236 e. The molecule has 2 heterocycles. The summed E-state index contributed by atoms with van der Waals surface area (Å²) in [6, 6.07) is 15.4. The van der Waals surface area contributed by atoms with Gasteiger partial charge in [-0.05, 0) is 30.2 Å². The number of hydrogen-bond donors (Lipinski definition) is 1. The molecule has 1 N–H and O–H groups in total. The first kappa shape index (κ1) is 19.2. The summed E-state index contributed by atoms with van der Waals surface area (Å²) >= 11 is 2.91. The molecule has 0 fully saturated rings. The van der Waals surface area contributed by atoms with Crippen molar-refractivity contribution in [3.05, 3.63) is 54.1 Å². The first-order valence-corrected chi connectivity index (χ1v) is 12.3. The first-order valence-electron chi connectivity index (χ1n) is 8.86. The number of hydrogen-bond acceptors (Lipinski definition) is 6. The Balaban J connectivity index is 1.27. The van der Waals surface area contributed by atoms with E-state index >= 15 is 0 Å². The zero-order valence-corrected chi connectivity index (χ0v) is 17.4. The summed E-state index contributed by atoms with van der Waals surface area (Å²) in [4.78, 5) is 16.6. The van der Waals surface area contributed by atoms with E-state index in [9.17, 15) is 13.2 Å². The molecule has 9 heteroatoms. The van der Waals surface area contributed by atoms with Gasteiger partial charge >= 0.3 is 0 Å². The predicted octanol–water partition coefficient (Wildman–Crippen LogP) is 2.90. The number of para-hydroxylation sites is 2. The Morgan fingerprint density at radius 2 is 1.96 bits per heavy atom. The lowest BCUT2D eigenvalue weighted by Crippen LogP contribution is -2.37. The molecule has 4 rings (SSSR count). The van der Waals surface area contributed by atoms with Crippen molar-refractivity contribution in [3.8, 4) is 0 Å². The van der Waals surface area contributed by atoms with Crippen molar-refractivity contribution in [2.45, 2.75) is 10.8 Å². The number of anilines is 1. The predicted molar refractivity (Wildman–Crippen MR) is 115 cm³/mol. The summed E-state index contributed by atoms with van der Waals surface area (Å²) in [7, 11) is -3.45. The molecule has 2 aromatic carbocycles. The van der Waals surface area contributed by atoms with Gasteiger partial charge in [0.1, 0.15) is 0 Å². The summed E-state index contributed by atoms with van der Waals surface area (Å²) in [5.74, 6) is -0.0908. The zero-order valence-electron chi connectivity index (χ0n) is 15.0. The van der Waals surface area contributed by atoms with Crippen molar-refractivity contribution in [2.24, 2.45) is 0 Å². The number of benzene rings is 2. The lowest BCUT2D eigenvalue weighted by Gasteiger charge is -2.19. The molecule has 28 heavy (non-hydrogen) atoms. The maximum atomic E-state index is 12.6. The number of fused-ring (bicyclic) bond motifs is 2. The number of thioether (sulfide) groups is 1. The van der Waals surface area contributed by atoms with E-state index in [1.807, 2.05) is 48.5 Å². The van der Waals surface area contributed by atoms with Crippen molar-refractivity contribution >= 4 is 54.9 Å². The molecular formula is C19H19N3O3S3. The van der Waals surface area contributed by atoms with Gasteiger partial charge in [0.15, 0.2) is 4.34 Å². The Morgan fingerprint density at radius 3 is 2.82 bits per heavy atom. The van der Waals surface area contributed by atoms with Gasteiger partial charge in [-0.2, -0.15) is 0 Å². The fourth-order valence-electron chi connectivity index (χ4n) is 3.12. The monoisotopic (exact) mass is 433 g/mol. The van der Waals surface area contributed by atoms with Crippen molar-refractivity contribution in [3.63, 3.8) is 0 Å². The molecule has 0 atom stereocenters. The van der Waals surface area contributed by atoms with E-state index < -0.39 is 10.0 Å². The molecule has 1 aliphatic heterocycles. The van der Waals surface area contributed by atoms with Gasteiger partial charge in [-0.15, -0.1) is 11.3 Å². The number of carbonyl (C=O) groups is 1. The summed E-state index contributed by atoms with van der Waals surface area (Å²) in [6.07, 6.45) is 0.723. The Hall–Kier alpha value is -2.10. The smallest absolute Gasteiger partial charge is 0.236 e. The largest absolute Gasteiger partial charge is 0.354 e. The molecule has 0 aliphatic carbocycles. The molecule has 146 valence electrons. The standard InChI is InChI=1S/C19H19N3O3S3/c23-18(13-26-19-21-15-6-2-4-8-17(15)27-19)20-10-12-28(24,25)22-11-9-14-5-1-3-7-16(14)22/h1-8H,9-13H2,(H,20,23). The van der Waals surface area contributed by atoms with Crippen LogP contribution in [0, 0.1) is 0 Å². The number of nitrogens with one attached hydrogen (secondary N) is 1. The Kier molecular flexibility index (Phi) is 5.56. The highest BCUT2D eigenvalue weighted by molar-refractivity contribution is 8.01. The van der Waals surface area contributed by atoms with E-state index in [0.717, 1.165) is 32.2 Å². The van der Waals surface area contributed by atoms with Gasteiger partial charge < -0.3 is 5.32 Å². The van der Waals surface area contributed by atoms with Crippen LogP contribution in [0.4, 0.5) is 5.69 Å². The zero-order chi connectivity index (χ0) is 19.6. The third kappa shape index (κ3) is 4.16. The molecule has 0 bridgehead atoms. The van der Waals surface area contributed by atoms with Crippen LogP contribution in [0.2, 0.25) is 0 Å². The number of nitrogens with zero attached hydrogens (tertiary/aromatic N) is 2. The second-order valence-corrected chi connectivity index (χ2v) is 10.6. The molecule has 0 radical (unpaired) electrons. The Labute approximate surface area is 172 Å². The molecule has 0 spiro atoms. The summed E-state index contributed by atoms with van der Waals surface area (Å²) < 4.78 is 28.6. The molecule has 1 aliphatic rings. The number of rotatable bonds is 7. The van der Waals surface area contributed by atoms with Crippen LogP contribution in [0.5, 0.6) is 0 Å². The van der Waals surface area contributed by atoms with Crippen LogP contribution >= 0.6 is 23.1 Å². The molecule has 0 saturated carbocycles. The van der Waals surface area contributed by atoms with Gasteiger partial charge in [0.25, 0.3) is 0 Å². The minimum Gasteiger partial charge on any atom is -0.354 e. The van der Waals surface area contributed by atoms with Crippen LogP contribution in [0.1, 0.15) is 5.56 Å². The minimum absolute atomic E-state index is 0.0975. The summed E-state index contributed by atoms with van der Waals surface area (Å²) in [5.41, 5.74) is 2.72. The van der Waals surface area contributed by atoms with E-state index in [1.54, 1.807) is 11.3 Å². The van der Waals surface area contributed by atoms with Crippen molar-refractivity contribution in [2.75, 3.05) is 28.9 Å². The lowest BCUT2D eigenvalue weighted by molar-refractivity contribution is -0.118. The molecule has 0 unspecified atom stereocenters. The average Bonchev–Trinajstić information content (AvgIpc) is 3.30. The molecule has 1 aromatic heterocycles. The van der Waals surface area contributed by atoms with E-state index in [4.69, 9.17) is 0 Å². The lowest BCUT2D eigenvalue weighted by atomic mass is 10.2. The average molecular weight is 434 g/mol. The first-order chi connectivity index (χ1) is 13.5. The summed E-state index contributed by atoms with van der Waals surface area (Å²) in [5, 5.41) is 2.70. The Morgan fingerprint density at radius 1 is 1.18 bits per heavy atom. The van der Waals surface area contributed by atoms with E-state index in [2.05, 4.69) is 10.3 Å². The number of aromatic nitrogens is 1. The SMILES string of the molecule is O=C(CSc1nc2ccccc2s1)NCCS(=O)(=O)N1CCc2ccccc21. The van der Waals surface area contributed by atoms with Crippen molar-refractivity contribution < 1.29 is 13.2 Å². The van der Waals surface area contributed by atoms with E-state index in [1.165, 1.54) is 16.1 Å². The number of thiazole rings is 1. The van der Waals surface area contributed by atoms with Gasteiger partial charge in [0.2, 0.25) is 15.9 Å². The Bertz CT molecular complexity index is 1080. The highest BCUT2D eigenvalue weighted by Crippen LogP contribution is 2.30. The molecular weight excluding hydrogens is 414 g/mol. The van der Waals surface area contributed by atoms with Crippen molar-refractivity contribution in [1.82, 2.24) is 10.3 Å². The highest BCUT2D eigenvalue weighted by Gasteiger charge is 2.28. The fourth-order valence-corrected chi connectivity index (χ4v) is 6.44. The van der Waals surface area contributed by atoms with Crippen LogP contribution in [-0.4, -0.2) is 43.9 Å². The van der Waals surface area contributed by atoms with E-state index in [-0.39, 0.29) is 24.0 Å². The highest BCUT2D eigenvalue weighted by atomic mass is 32.2. The van der Waals surface area contributed by atoms with Gasteiger partial charge in [-0.1, -0.05) is 42.1 Å². The third-order valence-electron chi connectivity index (χ3n) is 4.46. The quantitative estimate of drug-likeness (QED) is 0.580. The normalized spacial score (nSPS) is 13.6. The fraction of sp³-hybridized carbons (Fsp3) is 0.263. The molecule has 3 aromatic rings. The second-order valence-electron chi connectivity index (χ2n) is 6.35. The number of sulfonamides is 1. The van der Waals surface area contributed by atoms with Crippen LogP contribution in [-0.2, 0) is 21.2 Å². The number of amides is 1. The van der Waals surface area contributed by atoms with Gasteiger partial charge in [0.05, 0.1) is 27.4 Å². The van der Waals surface area contributed by atoms with Gasteiger partial charge in [-0.3, -0.25) is 9.10 Å². The molecule has 0 saturated heterocycles. The van der Waals surface area contributed by atoms with Crippen LogP contribution in [0.15, 0.2) is 52.9 Å². The van der Waals surface area contributed by atoms with Gasteiger partial charge in [0, 0.05) is 13.1 Å².